The van der Waals surface area contributed by atoms with Gasteiger partial charge in [0, 0.05) is 5.41 Å². The summed E-state index contributed by atoms with van der Waals surface area (Å²) in [6.07, 6.45) is 5.24. The summed E-state index contributed by atoms with van der Waals surface area (Å²) in [6.45, 7) is 12.7. The fourth-order valence-corrected chi connectivity index (χ4v) is 3.64. The fourth-order valence-electron chi connectivity index (χ4n) is 3.64. The van der Waals surface area contributed by atoms with Gasteiger partial charge in [-0.2, -0.15) is 0 Å². The Hall–Kier alpha value is -0.560. The van der Waals surface area contributed by atoms with Gasteiger partial charge in [0.2, 0.25) is 0 Å². The lowest BCUT2D eigenvalue weighted by atomic mass is 9.55. The third-order valence-electron chi connectivity index (χ3n) is 5.04. The standard InChI is InChI=1S/C15H24O/c1-10(2)12-7-8-15(4)13(9-12)11(3)5-6-14(15)16/h12-14,16H,1,3,5-9H2,2,4H3/t12?,13-,14+,15+/m0/s1. The second-order valence-corrected chi connectivity index (χ2v) is 6.09. The van der Waals surface area contributed by atoms with Crippen molar-refractivity contribution in [1.29, 1.82) is 0 Å². The number of hydrogen-bond acceptors (Lipinski definition) is 1. The normalized spacial score (nSPS) is 43.9. The fraction of sp³-hybridized carbons (Fsp3) is 0.733. The molecule has 2 aliphatic rings. The highest BCUT2D eigenvalue weighted by molar-refractivity contribution is 5.17. The molecule has 2 fully saturated rings. The number of allylic oxidation sites excluding steroid dienone is 2. The Bertz CT molecular complexity index is 317. The highest BCUT2D eigenvalue weighted by atomic mass is 16.3. The van der Waals surface area contributed by atoms with E-state index in [1.165, 1.54) is 17.6 Å². The largest absolute Gasteiger partial charge is 0.393 e. The van der Waals surface area contributed by atoms with Crippen LogP contribution < -0.4 is 0 Å². The minimum absolute atomic E-state index is 0.0846. The second-order valence-electron chi connectivity index (χ2n) is 6.09. The third kappa shape index (κ3) is 1.75. The molecule has 0 bridgehead atoms. The first kappa shape index (κ1) is 11.9. The molecule has 4 atom stereocenters. The summed E-state index contributed by atoms with van der Waals surface area (Å²) in [5.74, 6) is 1.15. The van der Waals surface area contributed by atoms with Gasteiger partial charge in [-0.3, -0.25) is 0 Å². The van der Waals surface area contributed by atoms with Gasteiger partial charge in [0.1, 0.15) is 0 Å². The van der Waals surface area contributed by atoms with Gasteiger partial charge in [-0.15, -0.1) is 0 Å². The van der Waals surface area contributed by atoms with Crippen molar-refractivity contribution in [2.75, 3.05) is 0 Å². The van der Waals surface area contributed by atoms with E-state index in [1.807, 2.05) is 0 Å². The van der Waals surface area contributed by atoms with Crippen LogP contribution in [0.1, 0.15) is 46.0 Å². The molecule has 90 valence electrons. The first-order valence-corrected chi connectivity index (χ1v) is 6.46. The first-order valence-electron chi connectivity index (χ1n) is 6.46. The maximum absolute atomic E-state index is 10.2. The number of fused-ring (bicyclic) bond motifs is 1. The van der Waals surface area contributed by atoms with Crippen LogP contribution in [0.15, 0.2) is 24.3 Å². The van der Waals surface area contributed by atoms with Crippen molar-refractivity contribution in [2.24, 2.45) is 17.3 Å². The predicted molar refractivity (Wildman–Crippen MR) is 68.1 cm³/mol. The van der Waals surface area contributed by atoms with Crippen LogP contribution in [0.25, 0.3) is 0 Å². The lowest BCUT2D eigenvalue weighted by molar-refractivity contribution is -0.0505. The van der Waals surface area contributed by atoms with E-state index in [2.05, 4.69) is 27.0 Å². The molecule has 0 spiro atoms. The zero-order valence-electron chi connectivity index (χ0n) is 10.6. The molecule has 0 amide bonds. The summed E-state index contributed by atoms with van der Waals surface area (Å²) in [7, 11) is 0. The molecule has 0 radical (unpaired) electrons. The zero-order valence-corrected chi connectivity index (χ0v) is 10.6. The smallest absolute Gasteiger partial charge is 0.0602 e. The lowest BCUT2D eigenvalue weighted by Gasteiger charge is -2.51. The second kappa shape index (κ2) is 4.03. The molecule has 1 N–H and O–H groups in total. The summed E-state index contributed by atoms with van der Waals surface area (Å²) >= 11 is 0. The molecule has 0 heterocycles. The Morgan fingerprint density at radius 3 is 2.75 bits per heavy atom. The Labute approximate surface area is 99.3 Å². The third-order valence-corrected chi connectivity index (χ3v) is 5.04. The van der Waals surface area contributed by atoms with Crippen molar-refractivity contribution >= 4 is 0 Å². The van der Waals surface area contributed by atoms with Gasteiger partial charge in [0.25, 0.3) is 0 Å². The number of hydrogen-bond donors (Lipinski definition) is 1. The van der Waals surface area contributed by atoms with Gasteiger partial charge in [-0.25, -0.2) is 0 Å². The van der Waals surface area contributed by atoms with Crippen LogP contribution >= 0.6 is 0 Å². The van der Waals surface area contributed by atoms with Crippen molar-refractivity contribution in [3.8, 4) is 0 Å². The monoisotopic (exact) mass is 220 g/mol. The predicted octanol–water partition coefficient (Wildman–Crippen LogP) is 3.70. The van der Waals surface area contributed by atoms with Gasteiger partial charge in [0.15, 0.2) is 0 Å². The van der Waals surface area contributed by atoms with Crippen LogP contribution in [0.5, 0.6) is 0 Å². The molecule has 2 rings (SSSR count). The molecule has 0 aromatic carbocycles. The molecular formula is C15H24O. The topological polar surface area (TPSA) is 20.2 Å². The molecule has 1 nitrogen and oxygen atoms in total. The maximum Gasteiger partial charge on any atom is 0.0602 e. The quantitative estimate of drug-likeness (QED) is 0.668. The average molecular weight is 220 g/mol. The van der Waals surface area contributed by atoms with E-state index in [4.69, 9.17) is 0 Å². The van der Waals surface area contributed by atoms with E-state index in [-0.39, 0.29) is 11.5 Å². The minimum Gasteiger partial charge on any atom is -0.393 e. The van der Waals surface area contributed by atoms with Crippen LogP contribution in [0.2, 0.25) is 0 Å². The van der Waals surface area contributed by atoms with E-state index in [1.54, 1.807) is 0 Å². The molecule has 1 heteroatoms. The average Bonchev–Trinajstić information content (AvgIpc) is 2.24. The molecule has 0 aromatic heterocycles. The summed E-state index contributed by atoms with van der Waals surface area (Å²) in [4.78, 5) is 0. The van der Waals surface area contributed by atoms with E-state index in [0.717, 1.165) is 25.7 Å². The Kier molecular flexibility index (Phi) is 3.00. The SMILES string of the molecule is C=C(C)C1CC[C@@]2(C)[C@H](O)CCC(=C)[C@@H]2C1. The molecule has 1 unspecified atom stereocenters. The van der Waals surface area contributed by atoms with Gasteiger partial charge < -0.3 is 5.11 Å². The molecule has 16 heavy (non-hydrogen) atoms. The molecule has 0 aliphatic heterocycles. The first-order chi connectivity index (χ1) is 7.45. The van der Waals surface area contributed by atoms with Crippen LogP contribution in [0.4, 0.5) is 0 Å². The van der Waals surface area contributed by atoms with E-state index in [9.17, 15) is 5.11 Å². The van der Waals surface area contributed by atoms with Gasteiger partial charge in [-0.05, 0) is 50.9 Å². The van der Waals surface area contributed by atoms with Crippen molar-refractivity contribution in [3.63, 3.8) is 0 Å². The lowest BCUT2D eigenvalue weighted by Crippen LogP contribution is -2.47. The summed E-state index contributed by atoms with van der Waals surface area (Å²) < 4.78 is 0. The van der Waals surface area contributed by atoms with E-state index in [0.29, 0.717) is 11.8 Å². The highest BCUT2D eigenvalue weighted by Crippen LogP contribution is 2.54. The van der Waals surface area contributed by atoms with Crippen molar-refractivity contribution < 1.29 is 5.11 Å². The van der Waals surface area contributed by atoms with Crippen LogP contribution in [-0.4, -0.2) is 11.2 Å². The van der Waals surface area contributed by atoms with Crippen molar-refractivity contribution in [1.82, 2.24) is 0 Å². The molecule has 2 saturated carbocycles. The van der Waals surface area contributed by atoms with Crippen LogP contribution in [0.3, 0.4) is 0 Å². The van der Waals surface area contributed by atoms with Gasteiger partial charge in [0.05, 0.1) is 6.10 Å². The van der Waals surface area contributed by atoms with Crippen LogP contribution in [0, 0.1) is 17.3 Å². The number of aliphatic hydroxyl groups excluding tert-OH is 1. The highest BCUT2D eigenvalue weighted by Gasteiger charge is 2.48. The summed E-state index contributed by atoms with van der Waals surface area (Å²) in [5, 5.41) is 10.2. The molecule has 0 saturated heterocycles. The number of aliphatic hydroxyl groups is 1. The van der Waals surface area contributed by atoms with Gasteiger partial charge >= 0.3 is 0 Å². The van der Waals surface area contributed by atoms with Crippen molar-refractivity contribution in [2.45, 2.75) is 52.1 Å². The van der Waals surface area contributed by atoms with E-state index >= 15 is 0 Å². The van der Waals surface area contributed by atoms with E-state index < -0.39 is 0 Å². The molecule has 2 aliphatic carbocycles. The Balaban J connectivity index is 2.21. The Morgan fingerprint density at radius 1 is 1.44 bits per heavy atom. The minimum atomic E-state index is -0.130. The van der Waals surface area contributed by atoms with Gasteiger partial charge in [-0.1, -0.05) is 31.2 Å². The maximum atomic E-state index is 10.2. The molecule has 0 aromatic rings. The Morgan fingerprint density at radius 2 is 2.12 bits per heavy atom. The summed E-state index contributed by atoms with van der Waals surface area (Å²) in [5.41, 5.74) is 2.75. The number of rotatable bonds is 1. The molecular weight excluding hydrogens is 196 g/mol. The van der Waals surface area contributed by atoms with Crippen molar-refractivity contribution in [3.05, 3.63) is 24.3 Å². The summed E-state index contributed by atoms with van der Waals surface area (Å²) in [6, 6.07) is 0. The zero-order chi connectivity index (χ0) is 11.9. The van der Waals surface area contributed by atoms with Crippen LogP contribution in [-0.2, 0) is 0 Å².